The average Bonchev–Trinajstić information content (AvgIpc) is 2.98. The lowest BCUT2D eigenvalue weighted by Crippen LogP contribution is -2.58. The Bertz CT molecular complexity index is 1520. The Morgan fingerprint density at radius 3 is 1.62 bits per heavy atom. The second-order valence-corrected chi connectivity index (χ2v) is 22.7. The van der Waals surface area contributed by atoms with E-state index in [2.05, 4.69) is 92.2 Å². The topological polar surface area (TPSA) is 29.1 Å². The number of rotatable bonds is 7. The van der Waals surface area contributed by atoms with E-state index in [0.717, 1.165) is 35.5 Å². The first-order valence-electron chi connectivity index (χ1n) is 18.2. The number of fused-ring (bicyclic) bond motifs is 1. The molecule has 8 aliphatic carbocycles. The number of benzene rings is 3. The van der Waals surface area contributed by atoms with Gasteiger partial charge >= 0.3 is 0 Å². The van der Waals surface area contributed by atoms with E-state index in [1.165, 1.54) is 98.9 Å². The van der Waals surface area contributed by atoms with Crippen molar-refractivity contribution in [2.45, 2.75) is 119 Å². The lowest BCUT2D eigenvalue weighted by molar-refractivity contribution is 0.0195. The Hall–Kier alpha value is -1.54. The molecule has 238 valence electrons. The summed E-state index contributed by atoms with van der Waals surface area (Å²) in [6, 6.07) is 25.2. The molecule has 0 saturated heterocycles. The summed E-state index contributed by atoms with van der Waals surface area (Å²) >= 11 is 0. The summed E-state index contributed by atoms with van der Waals surface area (Å²) in [5, 5.41) is 5.24. The van der Waals surface area contributed by atoms with Gasteiger partial charge in [0.1, 0.15) is 0 Å². The van der Waals surface area contributed by atoms with E-state index < -0.39 is 11.0 Å². The summed E-state index contributed by atoms with van der Waals surface area (Å²) in [5.41, 5.74) is 2.72. The van der Waals surface area contributed by atoms with Crippen molar-refractivity contribution >= 4 is 35.0 Å². The third-order valence-electron chi connectivity index (χ3n) is 13.4. The first-order chi connectivity index (χ1) is 21.7. The van der Waals surface area contributed by atoms with Gasteiger partial charge in [0.2, 0.25) is 0 Å². The van der Waals surface area contributed by atoms with Crippen LogP contribution >= 0.6 is 7.92 Å². The third kappa shape index (κ3) is 4.95. The molecule has 0 aromatic heterocycles. The van der Waals surface area contributed by atoms with Crippen LogP contribution in [0.1, 0.15) is 115 Å². The molecule has 0 radical (unpaired) electrons. The van der Waals surface area contributed by atoms with Crippen LogP contribution in [0.5, 0.6) is 0 Å². The fourth-order valence-corrected chi connectivity index (χ4v) is 18.9. The van der Waals surface area contributed by atoms with Crippen molar-refractivity contribution in [3.8, 4) is 0 Å². The standard InChI is InChI=1S/C41H52NOPS/c1-39(2,3)45(43)42-38(35-13-8-10-33-9-4-5-11-34(33)35)36-12-6-7-14-37(36)44(40-21-27-15-28(22-40)17-29(16-27)23-40)41-24-30-18-31(25-41)20-32(19-30)26-41/h4-14,27-32,38,42H,15-26H2,1-3H3. The number of nitrogens with one attached hydrogen (secondary N) is 1. The summed E-state index contributed by atoms with van der Waals surface area (Å²) < 4.78 is 17.5. The van der Waals surface area contributed by atoms with E-state index in [1.54, 1.807) is 5.30 Å². The van der Waals surface area contributed by atoms with Crippen molar-refractivity contribution in [2.75, 3.05) is 0 Å². The number of hydrogen-bond donors (Lipinski definition) is 1. The smallest absolute Gasteiger partial charge is 0.0979 e. The van der Waals surface area contributed by atoms with Gasteiger partial charge in [-0.3, -0.25) is 0 Å². The summed E-state index contributed by atoms with van der Waals surface area (Å²) in [6.07, 6.45) is 18.0. The van der Waals surface area contributed by atoms with Crippen molar-refractivity contribution in [2.24, 2.45) is 35.5 Å². The molecule has 0 heterocycles. The monoisotopic (exact) mass is 637 g/mol. The van der Waals surface area contributed by atoms with Gasteiger partial charge < -0.3 is 0 Å². The summed E-state index contributed by atoms with van der Waals surface area (Å²) in [6.45, 7) is 6.33. The molecule has 2 nitrogen and oxygen atoms in total. The SMILES string of the molecule is CC(C)(C)S(=O)NC(c1ccccc1P(C12CC3CC(CC(C3)C1)C2)C12CC3CC(CC(C3)C1)C2)c1cccc2ccccc12. The third-order valence-corrected chi connectivity index (χ3v) is 18.8. The molecule has 0 aliphatic heterocycles. The van der Waals surface area contributed by atoms with E-state index in [1.807, 2.05) is 0 Å². The van der Waals surface area contributed by atoms with Crippen LogP contribution < -0.4 is 10.0 Å². The molecule has 45 heavy (non-hydrogen) atoms. The molecule has 2 atom stereocenters. The van der Waals surface area contributed by atoms with Crippen LogP contribution in [-0.4, -0.2) is 19.3 Å². The van der Waals surface area contributed by atoms with Crippen LogP contribution in [0.25, 0.3) is 10.8 Å². The lowest BCUT2D eigenvalue weighted by atomic mass is 9.55. The average molecular weight is 638 g/mol. The van der Waals surface area contributed by atoms with Crippen LogP contribution in [-0.2, 0) is 11.0 Å². The molecule has 0 amide bonds. The van der Waals surface area contributed by atoms with E-state index in [-0.39, 0.29) is 18.7 Å². The molecule has 8 fully saturated rings. The van der Waals surface area contributed by atoms with Crippen molar-refractivity contribution in [1.82, 2.24) is 4.72 Å². The van der Waals surface area contributed by atoms with E-state index >= 15 is 0 Å². The molecule has 11 rings (SSSR count). The van der Waals surface area contributed by atoms with E-state index in [0.29, 0.717) is 10.3 Å². The molecule has 2 unspecified atom stereocenters. The minimum absolute atomic E-state index is 0.0971. The number of hydrogen-bond acceptors (Lipinski definition) is 1. The van der Waals surface area contributed by atoms with Gasteiger partial charge in [0.25, 0.3) is 0 Å². The fourth-order valence-electron chi connectivity index (χ4n) is 12.7. The van der Waals surface area contributed by atoms with Crippen LogP contribution in [0.2, 0.25) is 0 Å². The maximum Gasteiger partial charge on any atom is 0.0979 e. The lowest BCUT2D eigenvalue weighted by Gasteiger charge is -2.67. The zero-order valence-electron chi connectivity index (χ0n) is 27.6. The van der Waals surface area contributed by atoms with Crippen LogP contribution in [0.3, 0.4) is 0 Å². The van der Waals surface area contributed by atoms with Crippen molar-refractivity contribution < 1.29 is 4.21 Å². The Labute approximate surface area is 275 Å². The molecule has 8 aliphatic rings. The van der Waals surface area contributed by atoms with Gasteiger partial charge in [-0.15, -0.1) is 0 Å². The predicted octanol–water partition coefficient (Wildman–Crippen LogP) is 10.0. The van der Waals surface area contributed by atoms with Crippen molar-refractivity contribution in [3.63, 3.8) is 0 Å². The molecule has 4 heteroatoms. The molecule has 8 bridgehead atoms. The minimum atomic E-state index is -1.20. The highest BCUT2D eigenvalue weighted by Gasteiger charge is 2.63. The zero-order valence-corrected chi connectivity index (χ0v) is 29.4. The van der Waals surface area contributed by atoms with Crippen LogP contribution in [0.4, 0.5) is 0 Å². The maximum atomic E-state index is 14.1. The minimum Gasteiger partial charge on any atom is -0.242 e. The Balaban J connectivity index is 1.25. The predicted molar refractivity (Wildman–Crippen MR) is 192 cm³/mol. The van der Waals surface area contributed by atoms with Gasteiger partial charge in [-0.05, 0) is 171 Å². The Morgan fingerprint density at radius 1 is 0.644 bits per heavy atom. The quantitative estimate of drug-likeness (QED) is 0.257. The molecule has 0 spiro atoms. The second-order valence-electron chi connectivity index (χ2n) is 17.7. The van der Waals surface area contributed by atoms with Crippen molar-refractivity contribution in [1.29, 1.82) is 0 Å². The zero-order chi connectivity index (χ0) is 30.6. The Morgan fingerprint density at radius 2 is 1.09 bits per heavy atom. The first kappa shape index (κ1) is 29.6. The largest absolute Gasteiger partial charge is 0.242 e. The van der Waals surface area contributed by atoms with Gasteiger partial charge in [0.15, 0.2) is 0 Å². The highest BCUT2D eigenvalue weighted by molar-refractivity contribution is 7.84. The Kier molecular flexibility index (Phi) is 7.06. The molecule has 3 aromatic rings. The summed E-state index contributed by atoms with van der Waals surface area (Å²) in [5.74, 6) is 5.77. The van der Waals surface area contributed by atoms with Crippen LogP contribution in [0.15, 0.2) is 66.7 Å². The van der Waals surface area contributed by atoms with Gasteiger partial charge in [-0.2, -0.15) is 0 Å². The summed E-state index contributed by atoms with van der Waals surface area (Å²) in [4.78, 5) is 0. The highest BCUT2D eigenvalue weighted by atomic mass is 32.2. The van der Waals surface area contributed by atoms with Gasteiger partial charge in [-0.1, -0.05) is 74.7 Å². The van der Waals surface area contributed by atoms with Crippen molar-refractivity contribution in [3.05, 3.63) is 77.9 Å². The molecule has 3 aromatic carbocycles. The van der Waals surface area contributed by atoms with Gasteiger partial charge in [0.05, 0.1) is 21.8 Å². The maximum absolute atomic E-state index is 14.1. The van der Waals surface area contributed by atoms with Gasteiger partial charge in [-0.25, -0.2) is 8.93 Å². The van der Waals surface area contributed by atoms with Gasteiger partial charge in [0, 0.05) is 0 Å². The fraction of sp³-hybridized carbons (Fsp3) is 0.610. The molecular formula is C41H52NOPS. The second kappa shape index (κ2) is 10.7. The van der Waals surface area contributed by atoms with E-state index in [4.69, 9.17) is 0 Å². The van der Waals surface area contributed by atoms with E-state index in [9.17, 15) is 4.21 Å². The highest BCUT2D eigenvalue weighted by Crippen LogP contribution is 2.78. The molecule has 1 N–H and O–H groups in total. The van der Waals surface area contributed by atoms with Crippen LogP contribution in [0, 0.1) is 35.5 Å². The normalized spacial score (nSPS) is 38.5. The molecule has 8 saturated carbocycles. The first-order valence-corrected chi connectivity index (χ1v) is 20.7. The molecular weight excluding hydrogens is 585 g/mol. The summed E-state index contributed by atoms with van der Waals surface area (Å²) in [7, 11) is -1.58.